The highest BCUT2D eigenvalue weighted by molar-refractivity contribution is 5.85. The van der Waals surface area contributed by atoms with Gasteiger partial charge in [0.25, 0.3) is 5.91 Å². The Bertz CT molecular complexity index is 751. The Kier molecular flexibility index (Phi) is 5.42. The van der Waals surface area contributed by atoms with E-state index < -0.39 is 5.60 Å². The van der Waals surface area contributed by atoms with E-state index in [-0.39, 0.29) is 11.9 Å². The molecule has 2 heterocycles. The number of aromatic nitrogens is 1. The summed E-state index contributed by atoms with van der Waals surface area (Å²) in [5, 5.41) is 0. The molecule has 4 nitrogen and oxygen atoms in total. The van der Waals surface area contributed by atoms with Crippen LogP contribution in [0.4, 0.5) is 0 Å². The van der Waals surface area contributed by atoms with Crippen LogP contribution >= 0.6 is 0 Å². The molecule has 2 aromatic rings. The molecule has 138 valence electrons. The summed E-state index contributed by atoms with van der Waals surface area (Å²) in [4.78, 5) is 19.4. The van der Waals surface area contributed by atoms with Gasteiger partial charge in [-0.2, -0.15) is 0 Å². The highest BCUT2D eigenvalue weighted by Gasteiger charge is 2.38. The van der Waals surface area contributed by atoms with E-state index in [4.69, 9.17) is 4.74 Å². The average molecular weight is 352 g/mol. The summed E-state index contributed by atoms with van der Waals surface area (Å²) < 4.78 is 5.38. The lowest BCUT2D eigenvalue weighted by Gasteiger charge is -2.32. The molecule has 0 spiro atoms. The highest BCUT2D eigenvalue weighted by Crippen LogP contribution is 2.33. The molecule has 4 heteroatoms. The third-order valence-corrected chi connectivity index (χ3v) is 5.26. The SMILES string of the molecule is COC(C)(C)C(=O)N1CCC[C@H]1c1ccc(Cc2ccc(C)cc2)cn1. The Labute approximate surface area is 156 Å². The number of hydrogen-bond donors (Lipinski definition) is 0. The van der Waals surface area contributed by atoms with Gasteiger partial charge in [-0.1, -0.05) is 35.9 Å². The van der Waals surface area contributed by atoms with E-state index in [2.05, 4.69) is 48.3 Å². The second kappa shape index (κ2) is 7.58. The molecule has 0 unspecified atom stereocenters. The molecule has 1 amide bonds. The van der Waals surface area contributed by atoms with Gasteiger partial charge in [-0.25, -0.2) is 0 Å². The molecule has 0 bridgehead atoms. The van der Waals surface area contributed by atoms with Gasteiger partial charge in [0.05, 0.1) is 11.7 Å². The third-order valence-electron chi connectivity index (χ3n) is 5.26. The molecule has 0 aliphatic carbocycles. The Hall–Kier alpha value is -2.20. The number of aryl methyl sites for hydroxylation is 1. The molecule has 0 N–H and O–H groups in total. The number of pyridine rings is 1. The predicted octanol–water partition coefficient (Wildman–Crippen LogP) is 4.07. The van der Waals surface area contributed by atoms with Crippen LogP contribution in [0.1, 0.15) is 55.1 Å². The molecular weight excluding hydrogens is 324 g/mol. The number of benzene rings is 1. The molecule has 0 radical (unpaired) electrons. The predicted molar refractivity (Wildman–Crippen MR) is 103 cm³/mol. The van der Waals surface area contributed by atoms with E-state index in [1.807, 2.05) is 24.9 Å². The molecular formula is C22H28N2O2. The van der Waals surface area contributed by atoms with Gasteiger partial charge in [0.1, 0.15) is 5.60 Å². The summed E-state index contributed by atoms with van der Waals surface area (Å²) in [6.07, 6.45) is 4.77. The monoisotopic (exact) mass is 352 g/mol. The van der Waals surface area contributed by atoms with Gasteiger partial charge >= 0.3 is 0 Å². The van der Waals surface area contributed by atoms with E-state index in [1.54, 1.807) is 7.11 Å². The van der Waals surface area contributed by atoms with Crippen LogP contribution in [0.3, 0.4) is 0 Å². The Morgan fingerprint density at radius 3 is 2.50 bits per heavy atom. The maximum absolute atomic E-state index is 12.8. The van der Waals surface area contributed by atoms with Crippen LogP contribution in [0.25, 0.3) is 0 Å². The van der Waals surface area contributed by atoms with Crippen LogP contribution < -0.4 is 0 Å². The topological polar surface area (TPSA) is 42.4 Å². The number of methoxy groups -OCH3 is 1. The van der Waals surface area contributed by atoms with Crippen LogP contribution in [0.5, 0.6) is 0 Å². The van der Waals surface area contributed by atoms with Gasteiger partial charge in [-0.3, -0.25) is 9.78 Å². The molecule has 0 saturated carbocycles. The first-order chi connectivity index (χ1) is 12.4. The second-order valence-corrected chi connectivity index (χ2v) is 7.62. The van der Waals surface area contributed by atoms with Crippen molar-refractivity contribution in [3.8, 4) is 0 Å². The Morgan fingerprint density at radius 2 is 1.88 bits per heavy atom. The smallest absolute Gasteiger partial charge is 0.254 e. The fraction of sp³-hybridized carbons (Fsp3) is 0.455. The number of likely N-dealkylation sites (tertiary alicyclic amines) is 1. The fourth-order valence-corrected chi connectivity index (χ4v) is 3.43. The van der Waals surface area contributed by atoms with Crippen LogP contribution in [0, 0.1) is 6.92 Å². The number of amides is 1. The lowest BCUT2D eigenvalue weighted by Crippen LogP contribution is -2.46. The average Bonchev–Trinajstić information content (AvgIpc) is 3.13. The summed E-state index contributed by atoms with van der Waals surface area (Å²) in [5.41, 5.74) is 3.91. The Balaban J connectivity index is 1.73. The molecule has 1 aromatic carbocycles. The van der Waals surface area contributed by atoms with E-state index in [9.17, 15) is 4.79 Å². The standard InChI is InChI=1S/C22H28N2O2/c1-16-7-9-17(10-8-16)14-18-11-12-19(23-15-18)20-6-5-13-24(20)21(25)22(2,3)26-4/h7-12,15,20H,5-6,13-14H2,1-4H3/t20-/m0/s1. The molecule has 26 heavy (non-hydrogen) atoms. The number of rotatable bonds is 5. The van der Waals surface area contributed by atoms with Crippen LogP contribution in [0.2, 0.25) is 0 Å². The maximum Gasteiger partial charge on any atom is 0.254 e. The molecule has 1 aromatic heterocycles. The normalized spacial score (nSPS) is 17.5. The number of hydrogen-bond acceptors (Lipinski definition) is 3. The van der Waals surface area contributed by atoms with Crippen molar-refractivity contribution in [2.75, 3.05) is 13.7 Å². The van der Waals surface area contributed by atoms with E-state index in [0.29, 0.717) is 0 Å². The van der Waals surface area contributed by atoms with Crippen molar-refractivity contribution in [2.24, 2.45) is 0 Å². The Morgan fingerprint density at radius 1 is 1.19 bits per heavy atom. The zero-order valence-electron chi connectivity index (χ0n) is 16.2. The maximum atomic E-state index is 12.8. The second-order valence-electron chi connectivity index (χ2n) is 7.62. The van der Waals surface area contributed by atoms with Gasteiger partial charge < -0.3 is 9.64 Å². The van der Waals surface area contributed by atoms with Gasteiger partial charge in [0.15, 0.2) is 0 Å². The molecule has 1 fully saturated rings. The molecule has 1 atom stereocenters. The highest BCUT2D eigenvalue weighted by atomic mass is 16.5. The van der Waals surface area contributed by atoms with Crippen molar-refractivity contribution in [1.82, 2.24) is 9.88 Å². The number of carbonyl (C=O) groups excluding carboxylic acids is 1. The third kappa shape index (κ3) is 3.96. The van der Waals surface area contributed by atoms with E-state index in [1.165, 1.54) is 16.7 Å². The van der Waals surface area contributed by atoms with E-state index in [0.717, 1.165) is 31.5 Å². The van der Waals surface area contributed by atoms with Gasteiger partial charge in [0.2, 0.25) is 0 Å². The summed E-state index contributed by atoms with van der Waals surface area (Å²) in [5.74, 6) is 0.0352. The van der Waals surface area contributed by atoms with Crippen molar-refractivity contribution < 1.29 is 9.53 Å². The fourth-order valence-electron chi connectivity index (χ4n) is 3.43. The van der Waals surface area contributed by atoms with Crippen molar-refractivity contribution >= 4 is 5.91 Å². The quantitative estimate of drug-likeness (QED) is 0.815. The zero-order valence-corrected chi connectivity index (χ0v) is 16.2. The summed E-state index contributed by atoms with van der Waals surface area (Å²) >= 11 is 0. The zero-order chi connectivity index (χ0) is 18.7. The summed E-state index contributed by atoms with van der Waals surface area (Å²) in [6, 6.07) is 12.8. The number of nitrogens with zero attached hydrogens (tertiary/aromatic N) is 2. The lowest BCUT2D eigenvalue weighted by atomic mass is 10.0. The van der Waals surface area contributed by atoms with Gasteiger partial charge in [-0.05, 0) is 57.2 Å². The van der Waals surface area contributed by atoms with E-state index >= 15 is 0 Å². The van der Waals surface area contributed by atoms with Crippen molar-refractivity contribution in [3.05, 3.63) is 65.0 Å². The summed E-state index contributed by atoms with van der Waals surface area (Å²) in [6.45, 7) is 6.51. The van der Waals surface area contributed by atoms with Crippen LogP contribution in [-0.2, 0) is 16.0 Å². The summed E-state index contributed by atoms with van der Waals surface area (Å²) in [7, 11) is 1.58. The minimum absolute atomic E-state index is 0.0352. The largest absolute Gasteiger partial charge is 0.369 e. The number of ether oxygens (including phenoxy) is 1. The van der Waals surface area contributed by atoms with Crippen LogP contribution in [-0.4, -0.2) is 35.0 Å². The van der Waals surface area contributed by atoms with Crippen molar-refractivity contribution in [2.45, 2.75) is 51.7 Å². The molecule has 3 rings (SSSR count). The van der Waals surface area contributed by atoms with Gasteiger partial charge in [-0.15, -0.1) is 0 Å². The van der Waals surface area contributed by atoms with Gasteiger partial charge in [0, 0.05) is 19.9 Å². The first-order valence-electron chi connectivity index (χ1n) is 9.27. The molecule has 1 aliphatic rings. The lowest BCUT2D eigenvalue weighted by molar-refractivity contribution is -0.152. The minimum atomic E-state index is -0.798. The minimum Gasteiger partial charge on any atom is -0.369 e. The van der Waals surface area contributed by atoms with Crippen molar-refractivity contribution in [1.29, 1.82) is 0 Å². The molecule has 1 saturated heterocycles. The van der Waals surface area contributed by atoms with Crippen LogP contribution in [0.15, 0.2) is 42.6 Å². The first kappa shape index (κ1) is 18.6. The first-order valence-corrected chi connectivity index (χ1v) is 9.27. The van der Waals surface area contributed by atoms with Crippen molar-refractivity contribution in [3.63, 3.8) is 0 Å². The number of carbonyl (C=O) groups is 1. The molecule has 1 aliphatic heterocycles.